The molecule has 18 heavy (non-hydrogen) atoms. The zero-order chi connectivity index (χ0) is 12.4. The fourth-order valence-corrected chi connectivity index (χ4v) is 2.63. The Morgan fingerprint density at radius 1 is 1.22 bits per heavy atom. The van der Waals surface area contributed by atoms with Crippen molar-refractivity contribution in [2.24, 2.45) is 0 Å². The Labute approximate surface area is 109 Å². The Hall–Kier alpha value is -1.28. The molecule has 1 N–H and O–H groups in total. The summed E-state index contributed by atoms with van der Waals surface area (Å²) in [6, 6.07) is 11.8. The van der Waals surface area contributed by atoms with Crippen LogP contribution in [0.5, 0.6) is 0 Å². The maximum atomic E-state index is 3.58. The van der Waals surface area contributed by atoms with E-state index in [-0.39, 0.29) is 0 Å². The number of aromatic nitrogens is 1. The van der Waals surface area contributed by atoms with Gasteiger partial charge in [-0.25, -0.2) is 0 Å². The lowest BCUT2D eigenvalue weighted by atomic mass is 10.2. The second-order valence-electron chi connectivity index (χ2n) is 5.43. The molecule has 1 saturated carbocycles. The number of aryl methyl sites for hydroxylation is 2. The molecule has 96 valence electrons. The molecule has 2 heteroatoms. The summed E-state index contributed by atoms with van der Waals surface area (Å²) >= 11 is 0. The van der Waals surface area contributed by atoms with Gasteiger partial charge in [0, 0.05) is 23.8 Å². The van der Waals surface area contributed by atoms with Crippen molar-refractivity contribution < 1.29 is 0 Å². The predicted molar refractivity (Wildman–Crippen MR) is 76.9 cm³/mol. The maximum Gasteiger partial charge on any atom is 0.0482 e. The monoisotopic (exact) mass is 242 g/mol. The van der Waals surface area contributed by atoms with E-state index in [9.17, 15) is 0 Å². The van der Waals surface area contributed by atoms with Crippen molar-refractivity contribution in [1.82, 2.24) is 9.88 Å². The fourth-order valence-electron chi connectivity index (χ4n) is 2.63. The van der Waals surface area contributed by atoms with Crippen LogP contribution < -0.4 is 5.32 Å². The molecule has 1 fully saturated rings. The number of hydrogen-bond acceptors (Lipinski definition) is 1. The van der Waals surface area contributed by atoms with Crippen molar-refractivity contribution in [2.45, 2.75) is 45.2 Å². The lowest BCUT2D eigenvalue weighted by Crippen LogP contribution is -2.17. The minimum Gasteiger partial charge on any atom is -0.345 e. The molecule has 1 aliphatic carbocycles. The minimum atomic E-state index is 0.846. The molecule has 2 aromatic rings. The van der Waals surface area contributed by atoms with Crippen LogP contribution in [-0.4, -0.2) is 17.2 Å². The Bertz CT molecular complexity index is 523. The number of unbranched alkanes of at least 4 members (excludes halogenated alkanes) is 1. The van der Waals surface area contributed by atoms with Crippen LogP contribution in [0.4, 0.5) is 0 Å². The quantitative estimate of drug-likeness (QED) is 0.767. The van der Waals surface area contributed by atoms with Crippen LogP contribution in [0.15, 0.2) is 30.3 Å². The van der Waals surface area contributed by atoms with Gasteiger partial charge >= 0.3 is 0 Å². The van der Waals surface area contributed by atoms with E-state index in [1.165, 1.54) is 48.8 Å². The van der Waals surface area contributed by atoms with Crippen LogP contribution in [0.1, 0.15) is 31.4 Å². The molecule has 1 heterocycles. The van der Waals surface area contributed by atoms with E-state index in [0.717, 1.165) is 12.6 Å². The van der Waals surface area contributed by atoms with E-state index in [2.05, 4.69) is 47.1 Å². The van der Waals surface area contributed by atoms with Gasteiger partial charge in [-0.05, 0) is 56.7 Å². The van der Waals surface area contributed by atoms with Crippen LogP contribution in [-0.2, 0) is 6.54 Å². The average molecular weight is 242 g/mol. The molecule has 1 aromatic carbocycles. The van der Waals surface area contributed by atoms with Gasteiger partial charge in [-0.2, -0.15) is 0 Å². The molecular formula is C16H22N2. The standard InChI is InChI=1S/C16H22N2/c1-13-12-14-6-2-3-7-16(14)18(13)11-5-4-10-17-15-8-9-15/h2-3,6-7,12,15,17H,4-5,8-11H2,1H3. The third-order valence-corrected chi connectivity index (χ3v) is 3.84. The predicted octanol–water partition coefficient (Wildman–Crippen LogP) is 3.48. The zero-order valence-electron chi connectivity index (χ0n) is 11.2. The number of nitrogens with one attached hydrogen (secondary N) is 1. The highest BCUT2D eigenvalue weighted by atomic mass is 15.0. The minimum absolute atomic E-state index is 0.846. The lowest BCUT2D eigenvalue weighted by molar-refractivity contribution is 0.570. The molecule has 1 aromatic heterocycles. The number of fused-ring (bicyclic) bond motifs is 1. The summed E-state index contributed by atoms with van der Waals surface area (Å²) in [6.07, 6.45) is 5.32. The number of rotatable bonds is 6. The number of benzene rings is 1. The molecule has 0 bridgehead atoms. The Kier molecular flexibility index (Phi) is 3.37. The van der Waals surface area contributed by atoms with Crippen LogP contribution in [0.25, 0.3) is 10.9 Å². The Morgan fingerprint density at radius 2 is 2.06 bits per heavy atom. The number of nitrogens with zero attached hydrogens (tertiary/aromatic N) is 1. The third kappa shape index (κ3) is 2.59. The molecule has 0 saturated heterocycles. The smallest absolute Gasteiger partial charge is 0.0482 e. The summed E-state index contributed by atoms with van der Waals surface area (Å²) in [5, 5.41) is 4.95. The van der Waals surface area contributed by atoms with Gasteiger partial charge in [-0.1, -0.05) is 18.2 Å². The van der Waals surface area contributed by atoms with Crippen molar-refractivity contribution in [3.05, 3.63) is 36.0 Å². The lowest BCUT2D eigenvalue weighted by Gasteiger charge is -2.08. The molecule has 0 radical (unpaired) electrons. The average Bonchev–Trinajstić information content (AvgIpc) is 3.13. The van der Waals surface area contributed by atoms with E-state index in [0.29, 0.717) is 0 Å². The first-order chi connectivity index (χ1) is 8.84. The molecular weight excluding hydrogens is 220 g/mol. The van der Waals surface area contributed by atoms with Crippen LogP contribution >= 0.6 is 0 Å². The van der Waals surface area contributed by atoms with E-state index >= 15 is 0 Å². The molecule has 3 rings (SSSR count). The summed E-state index contributed by atoms with van der Waals surface area (Å²) in [4.78, 5) is 0. The van der Waals surface area contributed by atoms with Gasteiger partial charge in [-0.15, -0.1) is 0 Å². The van der Waals surface area contributed by atoms with Gasteiger partial charge < -0.3 is 9.88 Å². The Balaban J connectivity index is 1.57. The summed E-state index contributed by atoms with van der Waals surface area (Å²) in [6.45, 7) is 4.54. The highest BCUT2D eigenvalue weighted by Crippen LogP contribution is 2.20. The van der Waals surface area contributed by atoms with Gasteiger partial charge in [-0.3, -0.25) is 0 Å². The molecule has 0 amide bonds. The summed E-state index contributed by atoms with van der Waals surface area (Å²) < 4.78 is 2.45. The van der Waals surface area contributed by atoms with E-state index in [4.69, 9.17) is 0 Å². The fraction of sp³-hybridized carbons (Fsp3) is 0.500. The summed E-state index contributed by atoms with van der Waals surface area (Å²) in [5.74, 6) is 0. The van der Waals surface area contributed by atoms with Crippen LogP contribution in [0.2, 0.25) is 0 Å². The zero-order valence-corrected chi connectivity index (χ0v) is 11.2. The third-order valence-electron chi connectivity index (χ3n) is 3.84. The summed E-state index contributed by atoms with van der Waals surface area (Å²) in [7, 11) is 0. The second-order valence-corrected chi connectivity index (χ2v) is 5.43. The summed E-state index contributed by atoms with van der Waals surface area (Å²) in [5.41, 5.74) is 2.76. The van der Waals surface area contributed by atoms with Gasteiger partial charge in [0.2, 0.25) is 0 Å². The Morgan fingerprint density at radius 3 is 2.89 bits per heavy atom. The highest BCUT2D eigenvalue weighted by Gasteiger charge is 2.19. The molecule has 0 unspecified atom stereocenters. The first-order valence-corrected chi connectivity index (χ1v) is 7.13. The molecule has 2 nitrogen and oxygen atoms in total. The van der Waals surface area contributed by atoms with Crippen molar-refractivity contribution in [1.29, 1.82) is 0 Å². The highest BCUT2D eigenvalue weighted by molar-refractivity contribution is 5.81. The van der Waals surface area contributed by atoms with E-state index in [1.807, 2.05) is 0 Å². The molecule has 0 spiro atoms. The van der Waals surface area contributed by atoms with E-state index in [1.54, 1.807) is 0 Å². The van der Waals surface area contributed by atoms with Crippen molar-refractivity contribution in [2.75, 3.05) is 6.54 Å². The topological polar surface area (TPSA) is 17.0 Å². The largest absolute Gasteiger partial charge is 0.345 e. The van der Waals surface area contributed by atoms with Gasteiger partial charge in [0.05, 0.1) is 0 Å². The van der Waals surface area contributed by atoms with Crippen molar-refractivity contribution in [3.63, 3.8) is 0 Å². The molecule has 1 aliphatic rings. The first kappa shape index (κ1) is 11.8. The van der Waals surface area contributed by atoms with Gasteiger partial charge in [0.25, 0.3) is 0 Å². The maximum absolute atomic E-state index is 3.58. The normalized spacial score (nSPS) is 15.4. The molecule has 0 aliphatic heterocycles. The number of hydrogen-bond donors (Lipinski definition) is 1. The first-order valence-electron chi connectivity index (χ1n) is 7.13. The van der Waals surface area contributed by atoms with Crippen molar-refractivity contribution >= 4 is 10.9 Å². The molecule has 0 atom stereocenters. The van der Waals surface area contributed by atoms with E-state index < -0.39 is 0 Å². The van der Waals surface area contributed by atoms with Crippen LogP contribution in [0.3, 0.4) is 0 Å². The second kappa shape index (κ2) is 5.15. The van der Waals surface area contributed by atoms with Gasteiger partial charge in [0.1, 0.15) is 0 Å². The number of para-hydroxylation sites is 1. The van der Waals surface area contributed by atoms with Gasteiger partial charge in [0.15, 0.2) is 0 Å². The van der Waals surface area contributed by atoms with Crippen molar-refractivity contribution in [3.8, 4) is 0 Å². The van der Waals surface area contributed by atoms with Crippen LogP contribution in [0, 0.1) is 6.92 Å². The SMILES string of the molecule is Cc1cc2ccccc2n1CCCCNC1CC1.